The summed E-state index contributed by atoms with van der Waals surface area (Å²) in [4.78, 5) is 63.0. The fourth-order valence-corrected chi connectivity index (χ4v) is 8.78. The predicted molar refractivity (Wildman–Crippen MR) is 244 cm³/mol. The molecule has 8 rings (SSSR count). The zero-order valence-corrected chi connectivity index (χ0v) is 35.7. The van der Waals surface area contributed by atoms with E-state index in [1.54, 1.807) is 26.0 Å². The molecule has 8 nitrogen and oxygen atoms in total. The number of carbonyl (C=O) groups is 4. The van der Waals surface area contributed by atoms with Crippen molar-refractivity contribution >= 4 is 66.7 Å². The number of ketones is 4. The molecule has 2 heterocycles. The lowest BCUT2D eigenvalue weighted by atomic mass is 9.95. The van der Waals surface area contributed by atoms with Crippen LogP contribution in [0.3, 0.4) is 0 Å². The summed E-state index contributed by atoms with van der Waals surface area (Å²) in [6.07, 6.45) is 3.62. The summed E-state index contributed by atoms with van der Waals surface area (Å²) in [5.41, 5.74) is 10.9. The smallest absolute Gasteiger partial charge is 0.193 e. The van der Waals surface area contributed by atoms with Gasteiger partial charge >= 0.3 is 0 Å². The van der Waals surface area contributed by atoms with Crippen LogP contribution in [-0.4, -0.2) is 38.9 Å². The van der Waals surface area contributed by atoms with Crippen molar-refractivity contribution in [2.75, 3.05) is 6.61 Å². The Morgan fingerprint density at radius 1 is 0.492 bits per heavy atom. The zero-order valence-electron chi connectivity index (χ0n) is 35.7. The molecule has 0 saturated heterocycles. The Bertz CT molecular complexity index is 2850. The first-order chi connectivity index (χ1) is 29.5. The van der Waals surface area contributed by atoms with Crippen LogP contribution in [0.15, 0.2) is 109 Å². The number of fused-ring (bicyclic) bond motifs is 6. The van der Waals surface area contributed by atoms with Crippen LogP contribution in [0.5, 0.6) is 5.75 Å². The summed E-state index contributed by atoms with van der Waals surface area (Å²) in [5, 5.41) is 3.87. The van der Waals surface area contributed by atoms with Gasteiger partial charge in [0, 0.05) is 90.1 Å². The Morgan fingerprint density at radius 3 is 1.38 bits per heavy atom. The molecule has 6 aromatic carbocycles. The van der Waals surface area contributed by atoms with E-state index in [4.69, 9.17) is 9.78 Å². The van der Waals surface area contributed by atoms with Crippen molar-refractivity contribution in [2.24, 2.45) is 0 Å². The molecule has 0 radical (unpaired) electrons. The highest BCUT2D eigenvalue weighted by Crippen LogP contribution is 2.34. The van der Waals surface area contributed by atoms with Crippen LogP contribution in [0.4, 0.5) is 0 Å². The number of unbranched alkanes of at least 4 members (excludes halogenated alkanes) is 2. The molecule has 0 aliphatic heterocycles. The molecular weight excluding hydrogens is 761 g/mol. The highest BCUT2D eigenvalue weighted by Gasteiger charge is 2.19. The molecule has 0 amide bonds. The van der Waals surface area contributed by atoms with E-state index in [0.717, 1.165) is 93.5 Å². The first kappa shape index (κ1) is 41.1. The van der Waals surface area contributed by atoms with Crippen LogP contribution in [0.1, 0.15) is 116 Å². The van der Waals surface area contributed by atoms with Crippen LogP contribution in [0.2, 0.25) is 0 Å². The van der Waals surface area contributed by atoms with Crippen molar-refractivity contribution in [3.63, 3.8) is 0 Å². The van der Waals surface area contributed by atoms with E-state index in [1.807, 2.05) is 105 Å². The van der Waals surface area contributed by atoms with E-state index in [0.29, 0.717) is 45.7 Å². The Labute approximate surface area is 355 Å². The van der Waals surface area contributed by atoms with Crippen LogP contribution in [0, 0.1) is 13.8 Å². The number of aromatic nitrogens is 2. The van der Waals surface area contributed by atoms with Crippen LogP contribution >= 0.6 is 0 Å². The van der Waals surface area contributed by atoms with Gasteiger partial charge in [-0.2, -0.15) is 4.89 Å². The van der Waals surface area contributed by atoms with Gasteiger partial charge in [0.15, 0.2) is 28.9 Å². The first-order valence-corrected chi connectivity index (χ1v) is 21.2. The zero-order chi connectivity index (χ0) is 42.9. The van der Waals surface area contributed by atoms with E-state index in [9.17, 15) is 19.2 Å². The van der Waals surface area contributed by atoms with E-state index in [-0.39, 0.29) is 23.1 Å². The highest BCUT2D eigenvalue weighted by molar-refractivity contribution is 6.17. The number of hydrogen-bond donors (Lipinski definition) is 0. The summed E-state index contributed by atoms with van der Waals surface area (Å²) < 4.78 is 4.42. The molecule has 8 aromatic rings. The average Bonchev–Trinajstić information content (AvgIpc) is 3.75. The summed E-state index contributed by atoms with van der Waals surface area (Å²) in [7, 11) is 0. The SMILES string of the molecule is CCn1c2ccc(C(C)=O)cc2c2cc(C(=O)c3ccc(CCCCCOOc4ccc(C(=O)c5ccc6c(c5)c5cc(C(C)=O)ccc5n6CC)c(C)c4)cc3C)ccc21. The van der Waals surface area contributed by atoms with Gasteiger partial charge in [-0.05, 0) is 168 Å². The minimum atomic E-state index is -0.0801. The summed E-state index contributed by atoms with van der Waals surface area (Å²) in [6, 6.07) is 34.7. The summed E-state index contributed by atoms with van der Waals surface area (Å²) in [5.74, 6) is 0.467. The lowest BCUT2D eigenvalue weighted by molar-refractivity contribution is -0.207. The standard InChI is InChI=1S/C53H50N2O6/c1-7-54-48-21-14-37(34(5)56)28-44(48)46-30-39(16-23-50(46)54)52(58)42-19-13-36(26-32(42)3)12-10-9-11-25-60-61-41-18-20-43(33(4)27-41)53(59)40-17-24-51-47(31-40)45-29-38(35(6)57)15-22-49(45)55(51)8-2/h13-24,26-31H,7-12,25H2,1-6H3. The highest BCUT2D eigenvalue weighted by atomic mass is 17.2. The van der Waals surface area contributed by atoms with Gasteiger partial charge in [0.1, 0.15) is 0 Å². The van der Waals surface area contributed by atoms with E-state index < -0.39 is 0 Å². The second-order valence-corrected chi connectivity index (χ2v) is 16.0. The number of aryl methyl sites for hydroxylation is 5. The van der Waals surface area contributed by atoms with Gasteiger partial charge in [-0.3, -0.25) is 19.2 Å². The number of benzene rings is 6. The van der Waals surface area contributed by atoms with Crippen molar-refractivity contribution in [1.29, 1.82) is 0 Å². The van der Waals surface area contributed by atoms with Crippen molar-refractivity contribution in [1.82, 2.24) is 9.13 Å². The first-order valence-electron chi connectivity index (χ1n) is 21.2. The molecule has 308 valence electrons. The molecule has 0 aliphatic rings. The largest absolute Gasteiger partial charge is 0.341 e. The van der Waals surface area contributed by atoms with Gasteiger partial charge in [-0.1, -0.05) is 24.6 Å². The normalized spacial score (nSPS) is 11.6. The van der Waals surface area contributed by atoms with Gasteiger partial charge in [-0.15, -0.1) is 0 Å². The Hall–Kier alpha value is -6.64. The third-order valence-electron chi connectivity index (χ3n) is 12.0. The van der Waals surface area contributed by atoms with Gasteiger partial charge in [-0.25, -0.2) is 0 Å². The molecule has 2 aromatic heterocycles. The number of carbonyl (C=O) groups excluding carboxylic acids is 4. The third-order valence-corrected chi connectivity index (χ3v) is 12.0. The topological polar surface area (TPSA) is 96.6 Å². The number of Topliss-reactive ketones (excluding diaryl/α,β-unsaturated/α-hetero) is 2. The van der Waals surface area contributed by atoms with E-state index in [1.165, 1.54) is 5.56 Å². The third kappa shape index (κ3) is 7.91. The molecular formula is C53H50N2O6. The minimum Gasteiger partial charge on any atom is -0.341 e. The lowest BCUT2D eigenvalue weighted by Crippen LogP contribution is -2.05. The molecule has 0 aliphatic carbocycles. The molecule has 0 N–H and O–H groups in total. The van der Waals surface area contributed by atoms with Crippen molar-refractivity contribution < 1.29 is 29.0 Å². The van der Waals surface area contributed by atoms with Crippen molar-refractivity contribution in [3.05, 3.63) is 159 Å². The number of hydrogen-bond acceptors (Lipinski definition) is 6. The second-order valence-electron chi connectivity index (χ2n) is 16.0. The quantitative estimate of drug-likeness (QED) is 0.0417. The molecule has 0 unspecified atom stereocenters. The fraction of sp³-hybridized carbons (Fsp3) is 0.245. The number of nitrogens with zero attached hydrogens (tertiary/aromatic N) is 2. The lowest BCUT2D eigenvalue weighted by Gasteiger charge is -2.10. The Balaban J connectivity index is 0.837. The minimum absolute atomic E-state index is 0.00804. The number of rotatable bonds is 16. The second kappa shape index (κ2) is 17.1. The average molecular weight is 811 g/mol. The Kier molecular flexibility index (Phi) is 11.6. The molecule has 0 bridgehead atoms. The fourth-order valence-electron chi connectivity index (χ4n) is 8.78. The molecule has 0 fully saturated rings. The van der Waals surface area contributed by atoms with Gasteiger partial charge in [0.25, 0.3) is 0 Å². The maximum Gasteiger partial charge on any atom is 0.193 e. The molecule has 0 spiro atoms. The molecule has 61 heavy (non-hydrogen) atoms. The monoisotopic (exact) mass is 810 g/mol. The van der Waals surface area contributed by atoms with Gasteiger partial charge in [0.05, 0.1) is 6.61 Å². The van der Waals surface area contributed by atoms with E-state index >= 15 is 0 Å². The molecule has 8 heteroatoms. The van der Waals surface area contributed by atoms with Crippen molar-refractivity contribution in [2.45, 2.75) is 80.3 Å². The summed E-state index contributed by atoms with van der Waals surface area (Å²) >= 11 is 0. The van der Waals surface area contributed by atoms with Gasteiger partial charge < -0.3 is 14.0 Å². The van der Waals surface area contributed by atoms with Crippen LogP contribution < -0.4 is 4.89 Å². The molecule has 0 atom stereocenters. The maximum absolute atomic E-state index is 13.8. The van der Waals surface area contributed by atoms with E-state index in [2.05, 4.69) is 29.0 Å². The van der Waals surface area contributed by atoms with Crippen LogP contribution in [0.25, 0.3) is 43.6 Å². The Morgan fingerprint density at radius 2 is 0.934 bits per heavy atom. The summed E-state index contributed by atoms with van der Waals surface area (Å²) in [6.45, 7) is 13.2. The molecule has 0 saturated carbocycles. The predicted octanol–water partition coefficient (Wildman–Crippen LogP) is 12.1. The maximum atomic E-state index is 13.8. The van der Waals surface area contributed by atoms with Gasteiger partial charge in [0.2, 0.25) is 0 Å². The van der Waals surface area contributed by atoms with Crippen LogP contribution in [-0.2, 0) is 24.4 Å². The van der Waals surface area contributed by atoms with Crippen molar-refractivity contribution in [3.8, 4) is 5.75 Å².